The molecule has 0 atom stereocenters. The highest BCUT2D eigenvalue weighted by Gasteiger charge is 1.76. The highest BCUT2D eigenvalue weighted by molar-refractivity contribution is 6.55. The molecular weight excluding hydrogens is 76.9 g/mol. The molecule has 0 aromatic heterocycles. The van der Waals surface area contributed by atoms with E-state index in [4.69, 9.17) is 5.41 Å². The third kappa shape index (κ3) is 3.53. The maximum absolute atomic E-state index is 6.67. The van der Waals surface area contributed by atoms with E-state index in [1.54, 1.807) is 7.85 Å². The Kier molecular flexibility index (Phi) is 2.54. The van der Waals surface area contributed by atoms with Gasteiger partial charge in [-0.05, 0) is 6.92 Å². The summed E-state index contributed by atoms with van der Waals surface area (Å²) in [6, 6.07) is 0. The highest BCUT2D eigenvalue weighted by atomic mass is 16.5. The van der Waals surface area contributed by atoms with Crippen LogP contribution in [-0.4, -0.2) is 20.3 Å². The summed E-state index contributed by atoms with van der Waals surface area (Å²) < 4.78 is 4.62. The molecule has 2 nitrogen and oxygen atoms in total. The van der Waals surface area contributed by atoms with Crippen LogP contribution < -0.4 is 0 Å². The third-order valence-electron chi connectivity index (χ3n) is 0.361. The van der Waals surface area contributed by atoms with Crippen molar-refractivity contribution in [1.82, 2.24) is 0 Å². The molecule has 0 rings (SSSR count). The average molecular weight is 84.9 g/mol. The van der Waals surface area contributed by atoms with Crippen molar-refractivity contribution in [2.75, 3.05) is 6.61 Å². The zero-order valence-corrected chi connectivity index (χ0v) is 4.12. The topological polar surface area (TPSA) is 33.1 Å². The van der Waals surface area contributed by atoms with Crippen molar-refractivity contribution >= 4 is 13.6 Å². The van der Waals surface area contributed by atoms with Crippen LogP contribution in [0.15, 0.2) is 0 Å². The van der Waals surface area contributed by atoms with Crippen LogP contribution in [0.25, 0.3) is 0 Å². The van der Waals surface area contributed by atoms with Gasteiger partial charge in [-0.2, -0.15) is 0 Å². The van der Waals surface area contributed by atoms with E-state index in [0.717, 1.165) is 0 Å². The van der Waals surface area contributed by atoms with Crippen molar-refractivity contribution in [1.29, 1.82) is 5.41 Å². The van der Waals surface area contributed by atoms with Gasteiger partial charge < -0.3 is 4.74 Å². The normalized spacial score (nSPS) is 7.50. The molecule has 0 aromatic rings. The van der Waals surface area contributed by atoms with Gasteiger partial charge in [0, 0.05) is 0 Å². The molecule has 34 valence electrons. The Hall–Kier alpha value is -0.465. The average Bonchev–Trinajstić information content (AvgIpc) is 1.35. The largest absolute Gasteiger partial charge is 0.491 e. The fourth-order valence-corrected chi connectivity index (χ4v) is 0.217. The minimum Gasteiger partial charge on any atom is -0.491 e. The van der Waals surface area contributed by atoms with E-state index in [0.29, 0.717) is 6.61 Å². The molecule has 1 N–H and O–H groups in total. The minimum absolute atomic E-state index is 0.289. The van der Waals surface area contributed by atoms with Gasteiger partial charge in [0.1, 0.15) is 5.80 Å². The van der Waals surface area contributed by atoms with Crippen molar-refractivity contribution in [3.05, 3.63) is 0 Å². The molecule has 3 heteroatoms. The Bertz CT molecular complexity index is 54.8. The lowest BCUT2D eigenvalue weighted by Crippen LogP contribution is -1.99. The molecule has 0 radical (unpaired) electrons. The number of hydrogen-bond donors (Lipinski definition) is 1. The van der Waals surface area contributed by atoms with Crippen molar-refractivity contribution in [2.45, 2.75) is 6.92 Å². The first-order valence-corrected chi connectivity index (χ1v) is 1.95. The van der Waals surface area contributed by atoms with E-state index in [2.05, 4.69) is 4.74 Å². The standard InChI is InChI=1S/C3H8BNO/c1-2-6-3(4)5/h5H,2,4H2,1H3. The van der Waals surface area contributed by atoms with Crippen LogP contribution in [0.5, 0.6) is 0 Å². The number of hydrogen-bond acceptors (Lipinski definition) is 2. The van der Waals surface area contributed by atoms with E-state index in [1.165, 1.54) is 0 Å². The van der Waals surface area contributed by atoms with Crippen LogP contribution in [0.4, 0.5) is 0 Å². The summed E-state index contributed by atoms with van der Waals surface area (Å²) in [6.07, 6.45) is 0. The van der Waals surface area contributed by atoms with Crippen LogP contribution >= 0.6 is 0 Å². The van der Waals surface area contributed by atoms with Crippen molar-refractivity contribution < 1.29 is 4.74 Å². The van der Waals surface area contributed by atoms with E-state index in [9.17, 15) is 0 Å². The van der Waals surface area contributed by atoms with Crippen molar-refractivity contribution in [3.8, 4) is 0 Å². The van der Waals surface area contributed by atoms with E-state index in [1.807, 2.05) is 6.92 Å². The molecule has 0 bridgehead atoms. The Morgan fingerprint density at radius 1 is 2.00 bits per heavy atom. The number of rotatable bonds is 1. The van der Waals surface area contributed by atoms with E-state index < -0.39 is 0 Å². The second kappa shape index (κ2) is 2.76. The molecule has 0 saturated carbocycles. The van der Waals surface area contributed by atoms with Crippen LogP contribution in [0.3, 0.4) is 0 Å². The SMILES string of the molecule is BC(=N)OCC. The second-order valence-corrected chi connectivity index (χ2v) is 0.989. The maximum Gasteiger partial charge on any atom is 0.210 e. The van der Waals surface area contributed by atoms with E-state index >= 15 is 0 Å². The third-order valence-corrected chi connectivity index (χ3v) is 0.361. The van der Waals surface area contributed by atoms with Crippen LogP contribution in [-0.2, 0) is 4.74 Å². The maximum atomic E-state index is 6.67. The summed E-state index contributed by atoms with van der Waals surface area (Å²) in [6.45, 7) is 2.47. The Morgan fingerprint density at radius 3 is 2.50 bits per heavy atom. The van der Waals surface area contributed by atoms with Crippen LogP contribution in [0, 0.1) is 5.41 Å². The molecule has 0 spiro atoms. The summed E-state index contributed by atoms with van der Waals surface area (Å²) in [5, 5.41) is 6.67. The van der Waals surface area contributed by atoms with Gasteiger partial charge in [-0.1, -0.05) is 0 Å². The van der Waals surface area contributed by atoms with Gasteiger partial charge in [-0.3, -0.25) is 5.41 Å². The van der Waals surface area contributed by atoms with Gasteiger partial charge in [0.05, 0.1) is 6.61 Å². The highest BCUT2D eigenvalue weighted by Crippen LogP contribution is 1.66. The number of ether oxygens (including phenoxy) is 1. The first-order chi connectivity index (χ1) is 2.77. The Labute approximate surface area is 38.4 Å². The quantitative estimate of drug-likeness (QED) is 0.262. The van der Waals surface area contributed by atoms with Gasteiger partial charge in [0.25, 0.3) is 0 Å². The second-order valence-electron chi connectivity index (χ2n) is 0.989. The van der Waals surface area contributed by atoms with Gasteiger partial charge in [-0.25, -0.2) is 0 Å². The van der Waals surface area contributed by atoms with Crippen molar-refractivity contribution in [2.24, 2.45) is 0 Å². The molecular formula is C3H8BNO. The Morgan fingerprint density at radius 2 is 2.50 bits per heavy atom. The molecule has 0 aromatic carbocycles. The summed E-state index contributed by atoms with van der Waals surface area (Å²) in [4.78, 5) is 0. The molecule has 0 heterocycles. The van der Waals surface area contributed by atoms with Crippen molar-refractivity contribution in [3.63, 3.8) is 0 Å². The predicted molar refractivity (Wildman–Crippen MR) is 27.9 cm³/mol. The minimum atomic E-state index is 0.289. The zero-order chi connectivity index (χ0) is 4.99. The fraction of sp³-hybridized carbons (Fsp3) is 0.667. The summed E-state index contributed by atoms with van der Waals surface area (Å²) >= 11 is 0. The van der Waals surface area contributed by atoms with Gasteiger partial charge in [-0.15, -0.1) is 0 Å². The summed E-state index contributed by atoms with van der Waals surface area (Å²) in [5.74, 6) is 0.289. The van der Waals surface area contributed by atoms with Gasteiger partial charge in [0.15, 0.2) is 0 Å². The first kappa shape index (κ1) is 5.53. The molecule has 0 aliphatic heterocycles. The van der Waals surface area contributed by atoms with Crippen LogP contribution in [0.2, 0.25) is 0 Å². The first-order valence-electron chi connectivity index (χ1n) is 1.95. The molecule has 0 aliphatic rings. The van der Waals surface area contributed by atoms with Gasteiger partial charge >= 0.3 is 0 Å². The number of nitrogens with one attached hydrogen (secondary N) is 1. The van der Waals surface area contributed by atoms with Gasteiger partial charge in [0.2, 0.25) is 7.85 Å². The summed E-state index contributed by atoms with van der Waals surface area (Å²) in [7, 11) is 1.61. The molecule has 0 aliphatic carbocycles. The lowest BCUT2D eigenvalue weighted by Gasteiger charge is -1.93. The van der Waals surface area contributed by atoms with E-state index in [-0.39, 0.29) is 5.80 Å². The fourth-order valence-electron chi connectivity index (χ4n) is 0.217. The lowest BCUT2D eigenvalue weighted by atomic mass is 10.2. The Balaban J connectivity index is 2.83. The van der Waals surface area contributed by atoms with Crippen LogP contribution in [0.1, 0.15) is 6.92 Å². The molecule has 0 fully saturated rings. The summed E-state index contributed by atoms with van der Waals surface area (Å²) in [5.41, 5.74) is 0. The molecule has 0 amide bonds. The smallest absolute Gasteiger partial charge is 0.210 e. The lowest BCUT2D eigenvalue weighted by molar-refractivity contribution is 0.334. The monoisotopic (exact) mass is 85.1 g/mol. The predicted octanol–water partition coefficient (Wildman–Crippen LogP) is -0.409. The molecule has 0 saturated heterocycles. The zero-order valence-electron chi connectivity index (χ0n) is 4.12. The molecule has 0 unspecified atom stereocenters. The molecule has 6 heavy (non-hydrogen) atoms.